The van der Waals surface area contributed by atoms with E-state index in [0.717, 1.165) is 0 Å². The number of hydrogen-bond donors (Lipinski definition) is 0. The molecule has 0 saturated carbocycles. The van der Waals surface area contributed by atoms with Gasteiger partial charge in [-0.15, -0.1) is 0 Å². The van der Waals surface area contributed by atoms with Crippen molar-refractivity contribution >= 4 is 21.5 Å². The molecule has 150 valence electrons. The minimum Gasteiger partial charge on any atom is -0.0622 e. The van der Waals surface area contributed by atoms with Crippen molar-refractivity contribution in [3.05, 3.63) is 133 Å². The number of fused-ring (bicyclic) bond motifs is 2. The van der Waals surface area contributed by atoms with E-state index in [1.807, 2.05) is 0 Å². The average molecular weight is 407 g/mol. The lowest BCUT2D eigenvalue weighted by molar-refractivity contribution is 1.57. The molecule has 0 spiro atoms. The molecule has 0 amide bonds. The topological polar surface area (TPSA) is 0 Å². The van der Waals surface area contributed by atoms with E-state index in [1.165, 1.54) is 54.9 Å². The van der Waals surface area contributed by atoms with E-state index in [4.69, 9.17) is 0 Å². The van der Waals surface area contributed by atoms with Gasteiger partial charge in [0, 0.05) is 0 Å². The Kier molecular flexibility index (Phi) is 4.55. The van der Waals surface area contributed by atoms with E-state index in [0.29, 0.717) is 0 Å². The minimum atomic E-state index is 1.24. The maximum Gasteiger partial charge on any atom is -0.00990 e. The van der Waals surface area contributed by atoms with Crippen LogP contribution in [0.15, 0.2) is 133 Å². The van der Waals surface area contributed by atoms with E-state index < -0.39 is 0 Å². The molecule has 0 heteroatoms. The van der Waals surface area contributed by atoms with Crippen LogP contribution in [0, 0.1) is 0 Å². The van der Waals surface area contributed by atoms with E-state index in [9.17, 15) is 0 Å². The molecule has 0 aliphatic rings. The molecule has 32 heavy (non-hydrogen) atoms. The third-order valence-corrected chi connectivity index (χ3v) is 6.24. The van der Waals surface area contributed by atoms with Crippen LogP contribution in [-0.4, -0.2) is 0 Å². The molecule has 6 aromatic rings. The van der Waals surface area contributed by atoms with E-state index >= 15 is 0 Å². The molecule has 0 nitrogen and oxygen atoms in total. The molecule has 0 radical (unpaired) electrons. The van der Waals surface area contributed by atoms with Crippen LogP contribution < -0.4 is 0 Å². The van der Waals surface area contributed by atoms with Crippen molar-refractivity contribution < 1.29 is 0 Å². The van der Waals surface area contributed by atoms with Crippen molar-refractivity contribution in [2.45, 2.75) is 0 Å². The smallest absolute Gasteiger partial charge is 0.00990 e. The van der Waals surface area contributed by atoms with Crippen molar-refractivity contribution in [3.8, 4) is 33.4 Å². The van der Waals surface area contributed by atoms with Crippen LogP contribution in [0.2, 0.25) is 0 Å². The van der Waals surface area contributed by atoms with Crippen LogP contribution >= 0.6 is 0 Å². The summed E-state index contributed by atoms with van der Waals surface area (Å²) >= 11 is 0. The summed E-state index contributed by atoms with van der Waals surface area (Å²) in [5.74, 6) is 0. The maximum atomic E-state index is 2.33. The quantitative estimate of drug-likeness (QED) is 0.257. The predicted molar refractivity (Wildman–Crippen MR) is 138 cm³/mol. The van der Waals surface area contributed by atoms with Crippen LogP contribution in [0.3, 0.4) is 0 Å². The van der Waals surface area contributed by atoms with Gasteiger partial charge >= 0.3 is 0 Å². The van der Waals surface area contributed by atoms with Crippen molar-refractivity contribution in [2.24, 2.45) is 0 Å². The lowest BCUT2D eigenvalue weighted by Gasteiger charge is -2.13. The summed E-state index contributed by atoms with van der Waals surface area (Å²) in [6.45, 7) is 0. The summed E-state index contributed by atoms with van der Waals surface area (Å²) in [6.07, 6.45) is 0. The number of benzene rings is 6. The molecule has 0 aliphatic heterocycles. The van der Waals surface area contributed by atoms with Crippen LogP contribution in [-0.2, 0) is 0 Å². The Hall–Kier alpha value is -4.16. The highest BCUT2D eigenvalue weighted by atomic mass is 14.1. The Morgan fingerprint density at radius 1 is 0.281 bits per heavy atom. The highest BCUT2D eigenvalue weighted by Crippen LogP contribution is 2.36. The fourth-order valence-electron chi connectivity index (χ4n) is 4.68. The van der Waals surface area contributed by atoms with Gasteiger partial charge in [-0.2, -0.15) is 0 Å². The Balaban J connectivity index is 1.53. The Morgan fingerprint density at radius 3 is 1.56 bits per heavy atom. The molecular weight excluding hydrogens is 384 g/mol. The van der Waals surface area contributed by atoms with Crippen molar-refractivity contribution in [2.75, 3.05) is 0 Å². The Bertz CT molecular complexity index is 1560. The number of hydrogen-bond acceptors (Lipinski definition) is 0. The van der Waals surface area contributed by atoms with Crippen LogP contribution in [0.4, 0.5) is 0 Å². The second-order valence-corrected chi connectivity index (χ2v) is 8.22. The molecule has 6 rings (SSSR count). The fraction of sp³-hybridized carbons (Fsp3) is 0. The summed E-state index contributed by atoms with van der Waals surface area (Å²) in [6, 6.07) is 48.0. The van der Waals surface area contributed by atoms with E-state index in [1.54, 1.807) is 0 Å². The van der Waals surface area contributed by atoms with Crippen LogP contribution in [0.25, 0.3) is 54.9 Å². The molecule has 0 unspecified atom stereocenters. The van der Waals surface area contributed by atoms with Crippen LogP contribution in [0.5, 0.6) is 0 Å². The molecule has 0 bridgehead atoms. The minimum absolute atomic E-state index is 1.24. The van der Waals surface area contributed by atoms with Gasteiger partial charge in [-0.05, 0) is 73.1 Å². The first kappa shape index (κ1) is 18.6. The molecule has 0 atom stereocenters. The average Bonchev–Trinajstić information content (AvgIpc) is 2.88. The maximum absolute atomic E-state index is 2.33. The van der Waals surface area contributed by atoms with Gasteiger partial charge < -0.3 is 0 Å². The highest BCUT2D eigenvalue weighted by molar-refractivity contribution is 6.05. The van der Waals surface area contributed by atoms with E-state index in [2.05, 4.69) is 133 Å². The SMILES string of the molecule is c1ccc(-c2ccccc2-c2cccc(-c3cccc4cc5ccccc5cc34)c2)cc1. The largest absolute Gasteiger partial charge is 0.0622 e. The monoisotopic (exact) mass is 406 g/mol. The molecule has 0 aliphatic carbocycles. The predicted octanol–water partition coefficient (Wildman–Crippen LogP) is 8.99. The lowest BCUT2D eigenvalue weighted by Crippen LogP contribution is -1.87. The van der Waals surface area contributed by atoms with Gasteiger partial charge in [0.15, 0.2) is 0 Å². The fourth-order valence-corrected chi connectivity index (χ4v) is 4.68. The second kappa shape index (κ2) is 7.83. The zero-order chi connectivity index (χ0) is 21.3. The van der Waals surface area contributed by atoms with Gasteiger partial charge in [-0.25, -0.2) is 0 Å². The first-order chi connectivity index (χ1) is 15.9. The van der Waals surface area contributed by atoms with E-state index in [-0.39, 0.29) is 0 Å². The zero-order valence-corrected chi connectivity index (χ0v) is 17.7. The molecule has 6 aromatic carbocycles. The summed E-state index contributed by atoms with van der Waals surface area (Å²) in [7, 11) is 0. The Labute approximate surface area is 188 Å². The standard InChI is InChI=1S/C32H22/c1-2-10-23(11-3-1)29-17-6-7-18-30(29)26-14-8-15-27(21-26)31-19-9-16-28-20-24-12-4-5-13-25(24)22-32(28)31/h1-22H. The first-order valence-corrected chi connectivity index (χ1v) is 11.0. The molecule has 0 fully saturated rings. The summed E-state index contributed by atoms with van der Waals surface area (Å²) in [4.78, 5) is 0. The second-order valence-electron chi connectivity index (χ2n) is 8.22. The molecule has 0 saturated heterocycles. The van der Waals surface area contributed by atoms with Gasteiger partial charge in [0.1, 0.15) is 0 Å². The summed E-state index contributed by atoms with van der Waals surface area (Å²) in [5, 5.41) is 5.12. The first-order valence-electron chi connectivity index (χ1n) is 11.0. The number of rotatable bonds is 3. The summed E-state index contributed by atoms with van der Waals surface area (Å²) < 4.78 is 0. The van der Waals surface area contributed by atoms with Crippen molar-refractivity contribution in [1.82, 2.24) is 0 Å². The van der Waals surface area contributed by atoms with Gasteiger partial charge in [0.05, 0.1) is 0 Å². The molecule has 0 aromatic heterocycles. The van der Waals surface area contributed by atoms with Gasteiger partial charge in [0.2, 0.25) is 0 Å². The van der Waals surface area contributed by atoms with Crippen molar-refractivity contribution in [1.29, 1.82) is 0 Å². The zero-order valence-electron chi connectivity index (χ0n) is 17.7. The van der Waals surface area contributed by atoms with Crippen molar-refractivity contribution in [3.63, 3.8) is 0 Å². The lowest BCUT2D eigenvalue weighted by atomic mass is 9.91. The third-order valence-electron chi connectivity index (χ3n) is 6.24. The molecular formula is C32H22. The Morgan fingerprint density at radius 2 is 0.781 bits per heavy atom. The van der Waals surface area contributed by atoms with Gasteiger partial charge in [-0.3, -0.25) is 0 Å². The summed E-state index contributed by atoms with van der Waals surface area (Å²) in [5.41, 5.74) is 7.50. The highest BCUT2D eigenvalue weighted by Gasteiger charge is 2.10. The van der Waals surface area contributed by atoms with Gasteiger partial charge in [0.25, 0.3) is 0 Å². The third kappa shape index (κ3) is 3.27. The van der Waals surface area contributed by atoms with Gasteiger partial charge in [-0.1, -0.05) is 115 Å². The molecule has 0 N–H and O–H groups in total. The normalized spacial score (nSPS) is 11.1. The molecule has 0 heterocycles. The van der Waals surface area contributed by atoms with Crippen LogP contribution in [0.1, 0.15) is 0 Å².